The summed E-state index contributed by atoms with van der Waals surface area (Å²) < 4.78 is 0. The number of anilines is 1. The van der Waals surface area contributed by atoms with Crippen LogP contribution < -0.4 is 5.73 Å². The summed E-state index contributed by atoms with van der Waals surface area (Å²) in [5.41, 5.74) is 5.63. The maximum absolute atomic E-state index is 5.63. The van der Waals surface area contributed by atoms with Crippen molar-refractivity contribution in [3.8, 4) is 0 Å². The predicted molar refractivity (Wildman–Crippen MR) is 72.1 cm³/mol. The molecule has 1 aliphatic carbocycles. The lowest BCUT2D eigenvalue weighted by molar-refractivity contribution is 0.257. The first-order valence-electron chi connectivity index (χ1n) is 5.70. The first-order valence-corrected chi connectivity index (χ1v) is 6.52. The van der Waals surface area contributed by atoms with Crippen LogP contribution in [0, 0.1) is 5.92 Å². The minimum Gasteiger partial charge on any atom is -0.375 e. The average molecular weight is 262 g/mol. The van der Waals surface area contributed by atoms with Crippen LogP contribution in [0.25, 0.3) is 0 Å². The molecule has 1 aliphatic rings. The second-order valence-electron chi connectivity index (χ2n) is 4.34. The van der Waals surface area contributed by atoms with Crippen LogP contribution >= 0.6 is 23.7 Å². The van der Waals surface area contributed by atoms with Crippen LogP contribution in [-0.2, 0) is 6.54 Å². The number of nitrogens with two attached hydrogens (primary N) is 1. The van der Waals surface area contributed by atoms with Crippen molar-refractivity contribution in [1.82, 2.24) is 9.88 Å². The molecule has 2 N–H and O–H groups in total. The maximum atomic E-state index is 5.63. The average Bonchev–Trinajstić information content (AvgIpc) is 2.90. The molecule has 0 radical (unpaired) electrons. The van der Waals surface area contributed by atoms with Gasteiger partial charge in [0.05, 0.1) is 0 Å². The number of halogens is 1. The largest absolute Gasteiger partial charge is 0.375 e. The minimum atomic E-state index is 0. The van der Waals surface area contributed by atoms with Gasteiger partial charge >= 0.3 is 0 Å². The van der Waals surface area contributed by atoms with Gasteiger partial charge in [-0.1, -0.05) is 6.92 Å². The number of nitrogens with zero attached hydrogens (tertiary/aromatic N) is 2. The van der Waals surface area contributed by atoms with Crippen molar-refractivity contribution < 1.29 is 0 Å². The van der Waals surface area contributed by atoms with E-state index in [4.69, 9.17) is 5.73 Å². The standard InChI is InChI=1S/C11H19N3S.ClH/c1-2-5-14(7-9-3-4-9)8-10-6-13-11(12)15-10;/h6,9H,2-5,7-8H2,1H3,(H2,12,13);1H. The minimum absolute atomic E-state index is 0. The van der Waals surface area contributed by atoms with E-state index >= 15 is 0 Å². The van der Waals surface area contributed by atoms with Crippen molar-refractivity contribution in [3.05, 3.63) is 11.1 Å². The molecule has 3 nitrogen and oxygen atoms in total. The second kappa shape index (κ2) is 6.42. The van der Waals surface area contributed by atoms with Gasteiger partial charge < -0.3 is 5.73 Å². The van der Waals surface area contributed by atoms with Gasteiger partial charge in [0.1, 0.15) is 0 Å². The van der Waals surface area contributed by atoms with Crippen LogP contribution in [0.5, 0.6) is 0 Å². The fourth-order valence-corrected chi connectivity index (χ4v) is 2.56. The van der Waals surface area contributed by atoms with Gasteiger partial charge in [0.25, 0.3) is 0 Å². The van der Waals surface area contributed by atoms with Crippen LogP contribution in [0.15, 0.2) is 6.20 Å². The third-order valence-electron chi connectivity index (χ3n) is 2.70. The molecule has 16 heavy (non-hydrogen) atoms. The van der Waals surface area contributed by atoms with E-state index < -0.39 is 0 Å². The topological polar surface area (TPSA) is 42.2 Å². The molecule has 0 aromatic carbocycles. The fourth-order valence-electron chi connectivity index (χ4n) is 1.83. The highest BCUT2D eigenvalue weighted by Gasteiger charge is 2.24. The highest BCUT2D eigenvalue weighted by Crippen LogP contribution is 2.30. The molecule has 0 amide bonds. The molecule has 5 heteroatoms. The lowest BCUT2D eigenvalue weighted by Gasteiger charge is -2.20. The fraction of sp³-hybridized carbons (Fsp3) is 0.727. The van der Waals surface area contributed by atoms with Crippen LogP contribution in [0.3, 0.4) is 0 Å². The van der Waals surface area contributed by atoms with Gasteiger partial charge in [-0.25, -0.2) is 4.98 Å². The van der Waals surface area contributed by atoms with E-state index in [2.05, 4.69) is 16.8 Å². The van der Waals surface area contributed by atoms with Crippen molar-refractivity contribution in [2.45, 2.75) is 32.7 Å². The predicted octanol–water partition coefficient (Wildman–Crippen LogP) is 2.77. The van der Waals surface area contributed by atoms with Gasteiger partial charge in [0.15, 0.2) is 5.13 Å². The van der Waals surface area contributed by atoms with Gasteiger partial charge in [0.2, 0.25) is 0 Å². The van der Waals surface area contributed by atoms with Crippen molar-refractivity contribution in [2.75, 3.05) is 18.8 Å². The van der Waals surface area contributed by atoms with Crippen molar-refractivity contribution in [3.63, 3.8) is 0 Å². The Labute approximate surface area is 107 Å². The second-order valence-corrected chi connectivity index (χ2v) is 5.49. The maximum Gasteiger partial charge on any atom is 0.180 e. The molecule has 1 aromatic heterocycles. The summed E-state index contributed by atoms with van der Waals surface area (Å²) in [6, 6.07) is 0. The molecular weight excluding hydrogens is 242 g/mol. The van der Waals surface area contributed by atoms with Crippen molar-refractivity contribution in [2.24, 2.45) is 5.92 Å². The third kappa shape index (κ3) is 4.28. The smallest absolute Gasteiger partial charge is 0.180 e. The molecule has 1 fully saturated rings. The van der Waals surface area contributed by atoms with Gasteiger partial charge in [-0.2, -0.15) is 0 Å². The number of thiazole rings is 1. The Morgan fingerprint density at radius 3 is 2.81 bits per heavy atom. The van der Waals surface area contributed by atoms with E-state index in [0.29, 0.717) is 5.13 Å². The van der Waals surface area contributed by atoms with Crippen LogP contribution in [-0.4, -0.2) is 23.0 Å². The molecule has 92 valence electrons. The molecule has 0 spiro atoms. The number of nitrogen functional groups attached to an aromatic ring is 1. The monoisotopic (exact) mass is 261 g/mol. The van der Waals surface area contributed by atoms with Gasteiger partial charge in [-0.15, -0.1) is 23.7 Å². The summed E-state index contributed by atoms with van der Waals surface area (Å²) in [5.74, 6) is 0.960. The quantitative estimate of drug-likeness (QED) is 0.856. The van der Waals surface area contributed by atoms with E-state index in [-0.39, 0.29) is 12.4 Å². The number of hydrogen-bond donors (Lipinski definition) is 1. The summed E-state index contributed by atoms with van der Waals surface area (Å²) in [7, 11) is 0. The van der Waals surface area contributed by atoms with Gasteiger partial charge in [-0.3, -0.25) is 4.90 Å². The molecule has 0 aliphatic heterocycles. The number of aromatic nitrogens is 1. The molecule has 2 rings (SSSR count). The van der Waals surface area contributed by atoms with Crippen molar-refractivity contribution >= 4 is 28.9 Å². The van der Waals surface area contributed by atoms with Crippen LogP contribution in [0.1, 0.15) is 31.1 Å². The highest BCUT2D eigenvalue weighted by atomic mass is 35.5. The molecule has 1 heterocycles. The van der Waals surface area contributed by atoms with E-state index in [1.807, 2.05) is 6.20 Å². The zero-order valence-electron chi connectivity index (χ0n) is 9.69. The molecule has 1 aromatic rings. The molecule has 0 unspecified atom stereocenters. The van der Waals surface area contributed by atoms with Gasteiger partial charge in [-0.05, 0) is 31.7 Å². The highest BCUT2D eigenvalue weighted by molar-refractivity contribution is 7.15. The Morgan fingerprint density at radius 1 is 1.56 bits per heavy atom. The first kappa shape index (κ1) is 13.7. The SMILES string of the molecule is CCCN(Cc1cnc(N)s1)CC1CC1.Cl. The molecule has 0 bridgehead atoms. The van der Waals surface area contributed by atoms with E-state index in [9.17, 15) is 0 Å². The normalized spacial score (nSPS) is 15.1. The number of hydrogen-bond acceptors (Lipinski definition) is 4. The molecule has 0 atom stereocenters. The molecule has 0 saturated heterocycles. The summed E-state index contributed by atoms with van der Waals surface area (Å²) in [4.78, 5) is 7.92. The van der Waals surface area contributed by atoms with E-state index in [0.717, 1.165) is 12.5 Å². The van der Waals surface area contributed by atoms with Crippen LogP contribution in [0.2, 0.25) is 0 Å². The first-order chi connectivity index (χ1) is 7.28. The zero-order valence-corrected chi connectivity index (χ0v) is 11.3. The van der Waals surface area contributed by atoms with E-state index in [1.165, 1.54) is 37.2 Å². The van der Waals surface area contributed by atoms with Crippen molar-refractivity contribution in [1.29, 1.82) is 0 Å². The zero-order chi connectivity index (χ0) is 10.7. The molecular formula is C11H20ClN3S. The Balaban J connectivity index is 0.00000128. The number of rotatable bonds is 6. The lowest BCUT2D eigenvalue weighted by atomic mass is 10.3. The third-order valence-corrected chi connectivity index (χ3v) is 3.52. The van der Waals surface area contributed by atoms with E-state index in [1.54, 1.807) is 11.3 Å². The van der Waals surface area contributed by atoms with Gasteiger partial charge in [0, 0.05) is 24.2 Å². The Bertz CT molecular complexity index is 312. The molecule has 1 saturated carbocycles. The summed E-state index contributed by atoms with van der Waals surface area (Å²) in [6.45, 7) is 5.71. The Hall–Kier alpha value is -0.320. The summed E-state index contributed by atoms with van der Waals surface area (Å²) in [5, 5.41) is 0.688. The Kier molecular flexibility index (Phi) is 5.52. The Morgan fingerprint density at radius 2 is 2.31 bits per heavy atom. The lowest BCUT2D eigenvalue weighted by Crippen LogP contribution is -2.25. The summed E-state index contributed by atoms with van der Waals surface area (Å²) in [6.07, 6.45) is 5.98. The summed E-state index contributed by atoms with van der Waals surface area (Å²) >= 11 is 1.61. The van der Waals surface area contributed by atoms with Crippen LogP contribution in [0.4, 0.5) is 5.13 Å².